The van der Waals surface area contributed by atoms with Crippen LogP contribution in [0, 0.1) is 12.8 Å². The number of nitrogens with zero attached hydrogens (tertiary/aromatic N) is 2. The van der Waals surface area contributed by atoms with Crippen molar-refractivity contribution in [3.05, 3.63) is 41.6 Å². The third-order valence-corrected chi connectivity index (χ3v) is 4.05. The molecule has 2 heterocycles. The Bertz CT molecular complexity index is 653. The Labute approximate surface area is 118 Å². The summed E-state index contributed by atoms with van der Waals surface area (Å²) in [4.78, 5) is 19.1. The molecule has 1 aliphatic rings. The van der Waals surface area contributed by atoms with Crippen LogP contribution in [-0.2, 0) is 0 Å². The molecule has 1 aromatic heterocycles. The van der Waals surface area contributed by atoms with Crippen molar-refractivity contribution in [3.63, 3.8) is 0 Å². The van der Waals surface area contributed by atoms with Gasteiger partial charge in [0.15, 0.2) is 0 Å². The molecule has 2 N–H and O–H groups in total. The van der Waals surface area contributed by atoms with E-state index in [1.807, 2.05) is 42.2 Å². The van der Waals surface area contributed by atoms with Gasteiger partial charge in [-0.25, -0.2) is 0 Å². The lowest BCUT2D eigenvalue weighted by Crippen LogP contribution is -2.30. The van der Waals surface area contributed by atoms with Crippen LogP contribution < -0.4 is 5.73 Å². The van der Waals surface area contributed by atoms with E-state index in [1.165, 1.54) is 0 Å². The summed E-state index contributed by atoms with van der Waals surface area (Å²) in [6.45, 7) is 4.11. The molecule has 0 spiro atoms. The maximum Gasteiger partial charge on any atom is 0.255 e. The number of benzene rings is 1. The fraction of sp³-hybridized carbons (Fsp3) is 0.375. The minimum atomic E-state index is 0.0803. The number of fused-ring (bicyclic) bond motifs is 1. The Hall–Kier alpha value is -1.94. The second kappa shape index (κ2) is 5.21. The number of rotatable bonds is 2. The monoisotopic (exact) mass is 269 g/mol. The molecule has 2 aromatic rings. The summed E-state index contributed by atoms with van der Waals surface area (Å²) in [7, 11) is 0. The number of likely N-dealkylation sites (tertiary alicyclic amines) is 1. The van der Waals surface area contributed by atoms with E-state index in [-0.39, 0.29) is 5.91 Å². The zero-order valence-electron chi connectivity index (χ0n) is 11.7. The van der Waals surface area contributed by atoms with Crippen molar-refractivity contribution >= 4 is 16.8 Å². The molecule has 0 aliphatic carbocycles. The Morgan fingerprint density at radius 1 is 1.45 bits per heavy atom. The van der Waals surface area contributed by atoms with Crippen LogP contribution in [0.1, 0.15) is 22.5 Å². The molecule has 1 atom stereocenters. The topological polar surface area (TPSA) is 59.2 Å². The molecule has 0 bridgehead atoms. The van der Waals surface area contributed by atoms with Crippen molar-refractivity contribution < 1.29 is 4.79 Å². The predicted molar refractivity (Wildman–Crippen MR) is 79.5 cm³/mol. The lowest BCUT2D eigenvalue weighted by Gasteiger charge is -2.17. The first-order valence-electron chi connectivity index (χ1n) is 7.05. The van der Waals surface area contributed by atoms with E-state index in [9.17, 15) is 4.79 Å². The van der Waals surface area contributed by atoms with E-state index < -0.39 is 0 Å². The summed E-state index contributed by atoms with van der Waals surface area (Å²) in [5.74, 6) is 0.518. The molecule has 104 valence electrons. The van der Waals surface area contributed by atoms with Crippen molar-refractivity contribution in [2.45, 2.75) is 13.3 Å². The van der Waals surface area contributed by atoms with Crippen molar-refractivity contribution in [2.75, 3.05) is 19.6 Å². The van der Waals surface area contributed by atoms with Gasteiger partial charge in [0.25, 0.3) is 5.91 Å². The van der Waals surface area contributed by atoms with Gasteiger partial charge in [-0.1, -0.05) is 18.2 Å². The largest absolute Gasteiger partial charge is 0.338 e. The number of aryl methyl sites for hydroxylation is 1. The van der Waals surface area contributed by atoms with Gasteiger partial charge in [-0.05, 0) is 37.9 Å². The van der Waals surface area contributed by atoms with Crippen LogP contribution in [0.3, 0.4) is 0 Å². The SMILES string of the molecule is Cc1nc2ccccc2cc1C(=O)N1CCC(CN)C1. The Kier molecular flexibility index (Phi) is 3.40. The van der Waals surface area contributed by atoms with Gasteiger partial charge in [0, 0.05) is 18.5 Å². The minimum absolute atomic E-state index is 0.0803. The van der Waals surface area contributed by atoms with Gasteiger partial charge in [0.1, 0.15) is 0 Å². The Morgan fingerprint density at radius 3 is 3.00 bits per heavy atom. The molecule has 1 amide bonds. The first-order valence-corrected chi connectivity index (χ1v) is 7.05. The third-order valence-electron chi connectivity index (χ3n) is 4.05. The summed E-state index contributed by atoms with van der Waals surface area (Å²) < 4.78 is 0. The predicted octanol–water partition coefficient (Wildman–Crippen LogP) is 1.96. The molecule has 0 saturated carbocycles. The summed E-state index contributed by atoms with van der Waals surface area (Å²) in [6.07, 6.45) is 1.00. The number of nitrogens with two attached hydrogens (primary N) is 1. The van der Waals surface area contributed by atoms with Crippen LogP contribution in [0.25, 0.3) is 10.9 Å². The van der Waals surface area contributed by atoms with Crippen LogP contribution in [0.4, 0.5) is 0 Å². The molecule has 0 radical (unpaired) electrons. The number of amides is 1. The standard InChI is InChI=1S/C16H19N3O/c1-11-14(8-13-4-2-3-5-15(13)18-11)16(20)19-7-6-12(9-17)10-19/h2-5,8,12H,6-7,9-10,17H2,1H3. The molecular formula is C16H19N3O. The number of carbonyl (C=O) groups is 1. The molecule has 1 unspecified atom stereocenters. The second-order valence-electron chi connectivity index (χ2n) is 5.46. The van der Waals surface area contributed by atoms with E-state index in [0.29, 0.717) is 18.0 Å². The van der Waals surface area contributed by atoms with E-state index in [1.54, 1.807) is 0 Å². The first-order chi connectivity index (χ1) is 9.69. The second-order valence-corrected chi connectivity index (χ2v) is 5.46. The van der Waals surface area contributed by atoms with Gasteiger partial charge in [-0.2, -0.15) is 0 Å². The molecule has 1 saturated heterocycles. The van der Waals surface area contributed by atoms with Crippen molar-refractivity contribution in [1.29, 1.82) is 0 Å². The van der Waals surface area contributed by atoms with E-state index in [0.717, 1.165) is 36.1 Å². The van der Waals surface area contributed by atoms with Crippen molar-refractivity contribution in [1.82, 2.24) is 9.88 Å². The summed E-state index contributed by atoms with van der Waals surface area (Å²) in [5.41, 5.74) is 8.13. The lowest BCUT2D eigenvalue weighted by molar-refractivity contribution is 0.0786. The highest BCUT2D eigenvalue weighted by atomic mass is 16.2. The molecule has 20 heavy (non-hydrogen) atoms. The Balaban J connectivity index is 1.93. The van der Waals surface area contributed by atoms with Crippen LogP contribution in [0.5, 0.6) is 0 Å². The quantitative estimate of drug-likeness (QED) is 0.906. The van der Waals surface area contributed by atoms with Gasteiger partial charge < -0.3 is 10.6 Å². The molecule has 1 fully saturated rings. The van der Waals surface area contributed by atoms with Crippen LogP contribution in [0.15, 0.2) is 30.3 Å². The molecule has 3 rings (SSSR count). The third kappa shape index (κ3) is 2.27. The fourth-order valence-electron chi connectivity index (χ4n) is 2.81. The number of para-hydroxylation sites is 1. The average Bonchev–Trinajstić information content (AvgIpc) is 2.94. The van der Waals surface area contributed by atoms with Gasteiger partial charge >= 0.3 is 0 Å². The van der Waals surface area contributed by atoms with Crippen LogP contribution >= 0.6 is 0 Å². The summed E-state index contributed by atoms with van der Waals surface area (Å²) in [5, 5.41) is 1.01. The van der Waals surface area contributed by atoms with Crippen LogP contribution in [-0.4, -0.2) is 35.4 Å². The zero-order chi connectivity index (χ0) is 14.1. The highest BCUT2D eigenvalue weighted by molar-refractivity contribution is 5.98. The number of hydrogen-bond donors (Lipinski definition) is 1. The molecule has 4 nitrogen and oxygen atoms in total. The highest BCUT2D eigenvalue weighted by Crippen LogP contribution is 2.21. The van der Waals surface area contributed by atoms with Gasteiger partial charge in [-0.3, -0.25) is 9.78 Å². The number of hydrogen-bond acceptors (Lipinski definition) is 3. The maximum absolute atomic E-state index is 12.6. The smallest absolute Gasteiger partial charge is 0.255 e. The van der Waals surface area contributed by atoms with Gasteiger partial charge in [0.2, 0.25) is 0 Å². The van der Waals surface area contributed by atoms with Crippen molar-refractivity contribution in [2.24, 2.45) is 11.7 Å². The number of carbonyl (C=O) groups excluding carboxylic acids is 1. The van der Waals surface area contributed by atoms with E-state index >= 15 is 0 Å². The zero-order valence-corrected chi connectivity index (χ0v) is 11.7. The van der Waals surface area contributed by atoms with Gasteiger partial charge in [0.05, 0.1) is 16.8 Å². The molecule has 1 aliphatic heterocycles. The molecular weight excluding hydrogens is 250 g/mol. The number of aromatic nitrogens is 1. The number of pyridine rings is 1. The minimum Gasteiger partial charge on any atom is -0.338 e. The lowest BCUT2D eigenvalue weighted by atomic mass is 10.1. The summed E-state index contributed by atoms with van der Waals surface area (Å²) >= 11 is 0. The van der Waals surface area contributed by atoms with E-state index in [2.05, 4.69) is 4.98 Å². The highest BCUT2D eigenvalue weighted by Gasteiger charge is 2.27. The molecule has 4 heteroatoms. The normalized spacial score (nSPS) is 18.7. The molecule has 1 aromatic carbocycles. The van der Waals surface area contributed by atoms with E-state index in [4.69, 9.17) is 5.73 Å². The summed E-state index contributed by atoms with van der Waals surface area (Å²) in [6, 6.07) is 9.84. The Morgan fingerprint density at radius 2 is 2.25 bits per heavy atom. The first kappa shape index (κ1) is 13.1. The average molecular weight is 269 g/mol. The fourth-order valence-corrected chi connectivity index (χ4v) is 2.81. The van der Waals surface area contributed by atoms with Crippen LogP contribution in [0.2, 0.25) is 0 Å². The van der Waals surface area contributed by atoms with Crippen molar-refractivity contribution in [3.8, 4) is 0 Å². The van der Waals surface area contributed by atoms with Gasteiger partial charge in [-0.15, -0.1) is 0 Å². The maximum atomic E-state index is 12.6.